The molecule has 1 fully saturated rings. The van der Waals surface area contributed by atoms with E-state index >= 15 is 0 Å². The van der Waals surface area contributed by atoms with Crippen LogP contribution in [0.1, 0.15) is 18.9 Å². The third kappa shape index (κ3) is 2.24. The quantitative estimate of drug-likeness (QED) is 0.751. The molecule has 3 rings (SSSR count). The van der Waals surface area contributed by atoms with Gasteiger partial charge in [-0.1, -0.05) is 41.1 Å². The molecule has 1 nitrogen and oxygen atoms in total. The first-order valence-corrected chi connectivity index (χ1v) is 8.55. The van der Waals surface area contributed by atoms with Gasteiger partial charge in [0.2, 0.25) is 0 Å². The van der Waals surface area contributed by atoms with Crippen LogP contribution < -0.4 is 0 Å². The zero-order valence-corrected chi connectivity index (χ0v) is 13.0. The standard InChI is InChI=1S/C15H18BrNS/c1-11-6-7-17(14(11)8-16)9-12-10-18-15-5-3-2-4-13(12)15/h2-5,10-11,14H,6-9H2,1H3. The molecule has 2 heterocycles. The van der Waals surface area contributed by atoms with Gasteiger partial charge in [-0.05, 0) is 41.3 Å². The molecule has 0 N–H and O–H groups in total. The Kier molecular flexibility index (Phi) is 3.73. The van der Waals surface area contributed by atoms with Crippen LogP contribution >= 0.6 is 27.3 Å². The van der Waals surface area contributed by atoms with E-state index in [9.17, 15) is 0 Å². The number of rotatable bonds is 3. The van der Waals surface area contributed by atoms with Crippen molar-refractivity contribution in [3.63, 3.8) is 0 Å². The molecule has 0 aliphatic carbocycles. The van der Waals surface area contributed by atoms with Crippen molar-refractivity contribution in [1.29, 1.82) is 0 Å². The summed E-state index contributed by atoms with van der Waals surface area (Å²) in [4.78, 5) is 2.63. The number of benzene rings is 1. The summed E-state index contributed by atoms with van der Waals surface area (Å²) in [6, 6.07) is 9.44. The van der Waals surface area contributed by atoms with E-state index in [0.29, 0.717) is 6.04 Å². The minimum absolute atomic E-state index is 0.698. The largest absolute Gasteiger partial charge is 0.295 e. The molecule has 0 radical (unpaired) electrons. The number of alkyl halides is 1. The van der Waals surface area contributed by atoms with Crippen LogP contribution in [0.25, 0.3) is 10.1 Å². The highest BCUT2D eigenvalue weighted by Crippen LogP contribution is 2.31. The van der Waals surface area contributed by atoms with Crippen molar-refractivity contribution in [1.82, 2.24) is 4.90 Å². The lowest BCUT2D eigenvalue weighted by Gasteiger charge is -2.24. The normalized spacial score (nSPS) is 25.0. The predicted octanol–water partition coefficient (Wildman–Crippen LogP) is 4.51. The van der Waals surface area contributed by atoms with Gasteiger partial charge in [-0.2, -0.15) is 0 Å². The first kappa shape index (κ1) is 12.6. The van der Waals surface area contributed by atoms with Crippen LogP contribution in [-0.4, -0.2) is 22.8 Å². The fourth-order valence-corrected chi connectivity index (χ4v) is 4.91. The molecule has 2 unspecified atom stereocenters. The van der Waals surface area contributed by atoms with Crippen LogP contribution in [0.15, 0.2) is 29.6 Å². The lowest BCUT2D eigenvalue weighted by atomic mass is 10.0. The van der Waals surface area contributed by atoms with Crippen LogP contribution in [0.2, 0.25) is 0 Å². The van der Waals surface area contributed by atoms with Gasteiger partial charge >= 0.3 is 0 Å². The molecule has 0 amide bonds. The molecular weight excluding hydrogens is 306 g/mol. The Balaban J connectivity index is 1.84. The Morgan fingerprint density at radius 3 is 3.06 bits per heavy atom. The molecular formula is C15H18BrNS. The van der Waals surface area contributed by atoms with Gasteiger partial charge in [0.05, 0.1) is 0 Å². The van der Waals surface area contributed by atoms with Crippen molar-refractivity contribution in [2.45, 2.75) is 25.9 Å². The summed E-state index contributed by atoms with van der Waals surface area (Å²) in [6.45, 7) is 4.71. The van der Waals surface area contributed by atoms with Gasteiger partial charge in [-0.15, -0.1) is 11.3 Å². The fraction of sp³-hybridized carbons (Fsp3) is 0.467. The summed E-state index contributed by atoms with van der Waals surface area (Å²) in [5, 5.41) is 4.87. The summed E-state index contributed by atoms with van der Waals surface area (Å²) in [7, 11) is 0. The van der Waals surface area contributed by atoms with Crippen LogP contribution in [0, 0.1) is 5.92 Å². The van der Waals surface area contributed by atoms with Crippen molar-refractivity contribution in [3.8, 4) is 0 Å². The highest BCUT2D eigenvalue weighted by Gasteiger charge is 2.30. The Bertz CT molecular complexity index is 536. The van der Waals surface area contributed by atoms with Crippen molar-refractivity contribution < 1.29 is 0 Å². The second kappa shape index (κ2) is 5.32. The number of hydrogen-bond donors (Lipinski definition) is 0. The van der Waals surface area contributed by atoms with Crippen molar-refractivity contribution in [2.24, 2.45) is 5.92 Å². The SMILES string of the molecule is CC1CCN(Cc2csc3ccccc23)C1CBr. The van der Waals surface area contributed by atoms with Crippen LogP contribution in [0.5, 0.6) is 0 Å². The molecule has 2 aromatic rings. The Morgan fingerprint density at radius 2 is 2.22 bits per heavy atom. The van der Waals surface area contributed by atoms with Gasteiger partial charge < -0.3 is 0 Å². The highest BCUT2D eigenvalue weighted by molar-refractivity contribution is 9.09. The van der Waals surface area contributed by atoms with E-state index in [1.54, 1.807) is 0 Å². The molecule has 1 aromatic carbocycles. The average molecular weight is 324 g/mol. The van der Waals surface area contributed by atoms with E-state index in [4.69, 9.17) is 0 Å². The second-order valence-corrected chi connectivity index (χ2v) is 6.77. The maximum Gasteiger partial charge on any atom is 0.0346 e. The van der Waals surface area contributed by atoms with E-state index in [0.717, 1.165) is 17.8 Å². The first-order valence-electron chi connectivity index (χ1n) is 6.54. The summed E-state index contributed by atoms with van der Waals surface area (Å²) in [5.41, 5.74) is 1.50. The summed E-state index contributed by atoms with van der Waals surface area (Å²) in [6.07, 6.45) is 1.33. The fourth-order valence-electron chi connectivity index (χ4n) is 2.91. The zero-order chi connectivity index (χ0) is 12.5. The smallest absolute Gasteiger partial charge is 0.0346 e. The summed E-state index contributed by atoms with van der Waals surface area (Å²) < 4.78 is 1.41. The van der Waals surface area contributed by atoms with Gasteiger partial charge in [0.15, 0.2) is 0 Å². The van der Waals surface area contributed by atoms with Crippen LogP contribution in [-0.2, 0) is 6.54 Å². The number of nitrogens with zero attached hydrogens (tertiary/aromatic N) is 1. The number of thiophene rings is 1. The minimum Gasteiger partial charge on any atom is -0.295 e. The van der Waals surface area contributed by atoms with Crippen molar-refractivity contribution in [3.05, 3.63) is 35.2 Å². The number of likely N-dealkylation sites (tertiary alicyclic amines) is 1. The second-order valence-electron chi connectivity index (χ2n) is 5.22. The van der Waals surface area contributed by atoms with E-state index in [2.05, 4.69) is 57.4 Å². The maximum atomic E-state index is 3.67. The Morgan fingerprint density at radius 1 is 1.39 bits per heavy atom. The Hall–Kier alpha value is -0.380. The Labute approximate surface area is 121 Å². The van der Waals surface area contributed by atoms with E-state index in [1.807, 2.05) is 11.3 Å². The van der Waals surface area contributed by atoms with Crippen LogP contribution in [0.3, 0.4) is 0 Å². The number of halogens is 1. The molecule has 2 atom stereocenters. The molecule has 96 valence electrons. The molecule has 3 heteroatoms. The van der Waals surface area contributed by atoms with Gasteiger partial charge in [0, 0.05) is 22.6 Å². The van der Waals surface area contributed by atoms with Crippen molar-refractivity contribution >= 4 is 37.4 Å². The van der Waals surface area contributed by atoms with Gasteiger partial charge in [-0.3, -0.25) is 4.90 Å². The topological polar surface area (TPSA) is 3.24 Å². The van der Waals surface area contributed by atoms with Gasteiger partial charge in [0.1, 0.15) is 0 Å². The molecule has 18 heavy (non-hydrogen) atoms. The van der Waals surface area contributed by atoms with E-state index in [-0.39, 0.29) is 0 Å². The predicted molar refractivity (Wildman–Crippen MR) is 83.6 cm³/mol. The number of fused-ring (bicyclic) bond motifs is 1. The lowest BCUT2D eigenvalue weighted by molar-refractivity contribution is 0.245. The first-order chi connectivity index (χ1) is 8.79. The van der Waals surface area contributed by atoms with E-state index < -0.39 is 0 Å². The third-order valence-electron chi connectivity index (χ3n) is 4.09. The number of hydrogen-bond acceptors (Lipinski definition) is 2. The molecule has 1 aliphatic heterocycles. The van der Waals surface area contributed by atoms with E-state index in [1.165, 1.54) is 28.6 Å². The maximum absolute atomic E-state index is 3.67. The average Bonchev–Trinajstić information content (AvgIpc) is 2.95. The third-order valence-corrected chi connectivity index (χ3v) is 5.77. The van der Waals surface area contributed by atoms with Gasteiger partial charge in [-0.25, -0.2) is 0 Å². The monoisotopic (exact) mass is 323 g/mol. The summed E-state index contributed by atoms with van der Waals surface area (Å²) in [5.74, 6) is 0.814. The summed E-state index contributed by atoms with van der Waals surface area (Å²) >= 11 is 5.54. The van der Waals surface area contributed by atoms with Crippen molar-refractivity contribution in [2.75, 3.05) is 11.9 Å². The lowest BCUT2D eigenvalue weighted by Crippen LogP contribution is -2.32. The molecule has 1 aromatic heterocycles. The molecule has 1 saturated heterocycles. The minimum atomic E-state index is 0.698. The molecule has 0 spiro atoms. The molecule has 1 aliphatic rings. The highest BCUT2D eigenvalue weighted by atomic mass is 79.9. The van der Waals surface area contributed by atoms with Crippen LogP contribution in [0.4, 0.5) is 0 Å². The van der Waals surface area contributed by atoms with Gasteiger partial charge in [0.25, 0.3) is 0 Å². The molecule has 0 saturated carbocycles. The molecule has 0 bridgehead atoms. The zero-order valence-electron chi connectivity index (χ0n) is 10.6.